The molecule has 1 aromatic carbocycles. The summed E-state index contributed by atoms with van der Waals surface area (Å²) in [6.45, 7) is 5.20. The molecular formula is C17H27BrO. The van der Waals surface area contributed by atoms with Gasteiger partial charge < -0.3 is 4.74 Å². The highest BCUT2D eigenvalue weighted by Crippen LogP contribution is 2.22. The van der Waals surface area contributed by atoms with Crippen LogP contribution in [-0.2, 0) is 0 Å². The fraction of sp³-hybridized carbons (Fsp3) is 0.647. The lowest BCUT2D eigenvalue weighted by atomic mass is 10.1. The largest absolute Gasteiger partial charge is 0.493 e. The maximum Gasteiger partial charge on any atom is 0.122 e. The molecule has 0 bridgehead atoms. The van der Waals surface area contributed by atoms with E-state index in [2.05, 4.69) is 35.8 Å². The van der Waals surface area contributed by atoms with Crippen molar-refractivity contribution in [1.82, 2.24) is 0 Å². The number of hydrogen-bond donors (Lipinski definition) is 0. The van der Waals surface area contributed by atoms with Crippen LogP contribution in [0.1, 0.15) is 63.9 Å². The zero-order valence-corrected chi connectivity index (χ0v) is 14.0. The van der Waals surface area contributed by atoms with Gasteiger partial charge in [-0.2, -0.15) is 0 Å². The van der Waals surface area contributed by atoms with Crippen LogP contribution in [0.15, 0.2) is 22.7 Å². The molecule has 0 radical (unpaired) electrons. The highest BCUT2D eigenvalue weighted by Gasteiger charge is 1.99. The molecule has 108 valence electrons. The molecule has 19 heavy (non-hydrogen) atoms. The molecule has 0 unspecified atom stereocenters. The average Bonchev–Trinajstić information content (AvgIpc) is 2.39. The van der Waals surface area contributed by atoms with E-state index in [1.807, 2.05) is 12.1 Å². The third-order valence-corrected chi connectivity index (χ3v) is 3.89. The lowest BCUT2D eigenvalue weighted by Crippen LogP contribution is -1.98. The zero-order chi connectivity index (χ0) is 13.9. The van der Waals surface area contributed by atoms with Crippen LogP contribution in [0.2, 0.25) is 0 Å². The molecule has 1 aromatic rings. The van der Waals surface area contributed by atoms with E-state index in [9.17, 15) is 0 Å². The van der Waals surface area contributed by atoms with Gasteiger partial charge in [-0.1, -0.05) is 67.8 Å². The van der Waals surface area contributed by atoms with Gasteiger partial charge in [0.1, 0.15) is 5.75 Å². The normalized spacial score (nSPS) is 10.7. The molecule has 0 fully saturated rings. The molecule has 0 spiro atoms. The number of hydrogen-bond acceptors (Lipinski definition) is 1. The highest BCUT2D eigenvalue weighted by molar-refractivity contribution is 9.10. The van der Waals surface area contributed by atoms with Crippen LogP contribution >= 0.6 is 15.9 Å². The number of aryl methyl sites for hydroxylation is 1. The van der Waals surface area contributed by atoms with E-state index < -0.39 is 0 Å². The van der Waals surface area contributed by atoms with E-state index in [1.54, 1.807) is 0 Å². The summed E-state index contributed by atoms with van der Waals surface area (Å²) in [5.41, 5.74) is 1.20. The minimum atomic E-state index is 0.845. The van der Waals surface area contributed by atoms with Gasteiger partial charge in [-0.15, -0.1) is 0 Å². The molecule has 0 N–H and O–H groups in total. The Labute approximate surface area is 126 Å². The molecule has 1 nitrogen and oxygen atoms in total. The van der Waals surface area contributed by atoms with E-state index in [-0.39, 0.29) is 0 Å². The van der Waals surface area contributed by atoms with Crippen LogP contribution in [0.5, 0.6) is 5.75 Å². The van der Waals surface area contributed by atoms with E-state index in [4.69, 9.17) is 4.74 Å². The molecule has 0 atom stereocenters. The van der Waals surface area contributed by atoms with Gasteiger partial charge >= 0.3 is 0 Å². The Morgan fingerprint density at radius 1 is 0.947 bits per heavy atom. The minimum absolute atomic E-state index is 0.845. The van der Waals surface area contributed by atoms with E-state index in [0.29, 0.717) is 0 Å². The first-order valence-electron chi connectivity index (χ1n) is 7.63. The summed E-state index contributed by atoms with van der Waals surface area (Å²) in [6, 6.07) is 6.18. The van der Waals surface area contributed by atoms with Gasteiger partial charge in [-0.25, -0.2) is 0 Å². The third kappa shape index (κ3) is 7.61. The molecular weight excluding hydrogens is 300 g/mol. The Balaban J connectivity index is 2.01. The summed E-state index contributed by atoms with van der Waals surface area (Å²) < 4.78 is 6.93. The van der Waals surface area contributed by atoms with Crippen LogP contribution < -0.4 is 4.74 Å². The SMILES string of the molecule is CCCCCCCCCCOc1ccc(Br)cc1C. The maximum absolute atomic E-state index is 5.82. The molecule has 1 rings (SSSR count). The molecule has 2 heteroatoms. The second-order valence-corrected chi connectivity index (χ2v) is 6.15. The quantitative estimate of drug-likeness (QED) is 0.460. The van der Waals surface area contributed by atoms with Crippen molar-refractivity contribution >= 4 is 15.9 Å². The summed E-state index contributed by atoms with van der Waals surface area (Å²) in [7, 11) is 0. The molecule has 0 heterocycles. The van der Waals surface area contributed by atoms with Gasteiger partial charge in [0.15, 0.2) is 0 Å². The van der Waals surface area contributed by atoms with Crippen molar-refractivity contribution in [1.29, 1.82) is 0 Å². The minimum Gasteiger partial charge on any atom is -0.493 e. The van der Waals surface area contributed by atoms with Crippen molar-refractivity contribution in [3.05, 3.63) is 28.2 Å². The first-order valence-corrected chi connectivity index (χ1v) is 8.42. The Kier molecular flexibility index (Phi) is 8.98. The van der Waals surface area contributed by atoms with E-state index in [0.717, 1.165) is 16.8 Å². The van der Waals surface area contributed by atoms with Crippen molar-refractivity contribution in [2.45, 2.75) is 65.2 Å². The molecule has 0 aliphatic heterocycles. The second-order valence-electron chi connectivity index (χ2n) is 5.23. The molecule has 0 aliphatic rings. The summed E-state index contributed by atoms with van der Waals surface area (Å²) >= 11 is 3.47. The van der Waals surface area contributed by atoms with Crippen molar-refractivity contribution < 1.29 is 4.74 Å². The number of rotatable bonds is 10. The molecule has 0 amide bonds. The van der Waals surface area contributed by atoms with E-state index >= 15 is 0 Å². The third-order valence-electron chi connectivity index (χ3n) is 3.39. The first kappa shape index (κ1) is 16.6. The molecule has 0 saturated heterocycles. The summed E-state index contributed by atoms with van der Waals surface area (Å²) in [4.78, 5) is 0. The fourth-order valence-corrected chi connectivity index (χ4v) is 2.67. The zero-order valence-electron chi connectivity index (χ0n) is 12.4. The summed E-state index contributed by atoms with van der Waals surface area (Å²) in [5.74, 6) is 1.02. The Hall–Kier alpha value is -0.500. The van der Waals surface area contributed by atoms with Crippen molar-refractivity contribution in [2.24, 2.45) is 0 Å². The van der Waals surface area contributed by atoms with Gasteiger partial charge in [0.2, 0.25) is 0 Å². The van der Waals surface area contributed by atoms with E-state index in [1.165, 1.54) is 56.9 Å². The van der Waals surface area contributed by atoms with Gasteiger partial charge in [-0.3, -0.25) is 0 Å². The van der Waals surface area contributed by atoms with Crippen LogP contribution in [0, 0.1) is 6.92 Å². The van der Waals surface area contributed by atoms with Crippen LogP contribution in [0.3, 0.4) is 0 Å². The molecule has 0 saturated carbocycles. The number of benzene rings is 1. The van der Waals surface area contributed by atoms with Crippen LogP contribution in [0.4, 0.5) is 0 Å². The molecule has 0 aromatic heterocycles. The number of halogens is 1. The van der Waals surface area contributed by atoms with Crippen LogP contribution in [-0.4, -0.2) is 6.61 Å². The smallest absolute Gasteiger partial charge is 0.122 e. The van der Waals surface area contributed by atoms with Crippen molar-refractivity contribution in [3.63, 3.8) is 0 Å². The Bertz CT molecular complexity index is 349. The fourth-order valence-electron chi connectivity index (χ4n) is 2.19. The van der Waals surface area contributed by atoms with Crippen LogP contribution in [0.25, 0.3) is 0 Å². The summed E-state index contributed by atoms with van der Waals surface area (Å²) in [6.07, 6.45) is 10.7. The highest BCUT2D eigenvalue weighted by atomic mass is 79.9. The standard InChI is InChI=1S/C17H27BrO/c1-3-4-5-6-7-8-9-10-13-19-17-12-11-16(18)14-15(17)2/h11-12,14H,3-10,13H2,1-2H3. The lowest BCUT2D eigenvalue weighted by Gasteiger charge is -2.09. The average molecular weight is 327 g/mol. The lowest BCUT2D eigenvalue weighted by molar-refractivity contribution is 0.302. The van der Waals surface area contributed by atoms with Crippen molar-refractivity contribution in [3.8, 4) is 5.75 Å². The Morgan fingerprint density at radius 3 is 2.21 bits per heavy atom. The topological polar surface area (TPSA) is 9.23 Å². The van der Waals surface area contributed by atoms with Crippen molar-refractivity contribution in [2.75, 3.05) is 6.61 Å². The summed E-state index contributed by atoms with van der Waals surface area (Å²) in [5, 5.41) is 0. The predicted octanol–water partition coefficient (Wildman–Crippen LogP) is 6.28. The maximum atomic E-state index is 5.82. The second kappa shape index (κ2) is 10.3. The Morgan fingerprint density at radius 2 is 1.58 bits per heavy atom. The molecule has 0 aliphatic carbocycles. The van der Waals surface area contributed by atoms with Gasteiger partial charge in [0.25, 0.3) is 0 Å². The first-order chi connectivity index (χ1) is 9.24. The predicted molar refractivity (Wildman–Crippen MR) is 87.0 cm³/mol. The number of ether oxygens (including phenoxy) is 1. The van der Waals surface area contributed by atoms with Gasteiger partial charge in [0.05, 0.1) is 6.61 Å². The van der Waals surface area contributed by atoms with Gasteiger partial charge in [0, 0.05) is 4.47 Å². The number of unbranched alkanes of at least 4 members (excludes halogenated alkanes) is 7. The van der Waals surface area contributed by atoms with Gasteiger partial charge in [-0.05, 0) is 37.1 Å². The monoisotopic (exact) mass is 326 g/mol.